The van der Waals surface area contributed by atoms with Crippen LogP contribution in [-0.2, 0) is 26.1 Å². The number of ether oxygens (including phenoxy) is 1. The van der Waals surface area contributed by atoms with E-state index in [2.05, 4.69) is 5.32 Å². The summed E-state index contributed by atoms with van der Waals surface area (Å²) in [6.45, 7) is 2.13. The zero-order chi connectivity index (χ0) is 20.3. The number of amides is 1. The summed E-state index contributed by atoms with van der Waals surface area (Å²) >= 11 is 0. The Bertz CT molecular complexity index is 1050. The van der Waals surface area contributed by atoms with E-state index in [1.807, 2.05) is 0 Å². The van der Waals surface area contributed by atoms with Crippen LogP contribution in [0, 0.1) is 12.7 Å². The standard InChI is InChI=1S/C18H20FN3O5S/c1-13-11-14(19)4-5-15(13)20-17(23)12-21-6-2-3-16(18(21)24)28(25,26)22-7-9-27-10-8-22/h2-6,11H,7-10,12H2,1H3,(H,20,23). The Hall–Kier alpha value is -2.56. The molecule has 2 aromatic rings. The predicted molar refractivity (Wildman–Crippen MR) is 100 cm³/mol. The van der Waals surface area contributed by atoms with Crippen LogP contribution in [-0.4, -0.2) is 49.5 Å². The second kappa shape index (κ2) is 8.21. The van der Waals surface area contributed by atoms with Crippen LogP contribution in [0.2, 0.25) is 0 Å². The van der Waals surface area contributed by atoms with Gasteiger partial charge < -0.3 is 14.6 Å². The number of halogens is 1. The van der Waals surface area contributed by atoms with Gasteiger partial charge in [0, 0.05) is 25.0 Å². The van der Waals surface area contributed by atoms with E-state index < -0.39 is 27.3 Å². The van der Waals surface area contributed by atoms with Gasteiger partial charge in [-0.1, -0.05) is 0 Å². The number of aromatic nitrogens is 1. The van der Waals surface area contributed by atoms with Crippen molar-refractivity contribution in [1.29, 1.82) is 0 Å². The Morgan fingerprint density at radius 2 is 1.96 bits per heavy atom. The summed E-state index contributed by atoms with van der Waals surface area (Å²) in [5.41, 5.74) is 0.167. The molecule has 1 aliphatic rings. The molecule has 8 nitrogen and oxygen atoms in total. The van der Waals surface area contributed by atoms with Gasteiger partial charge in [0.05, 0.1) is 13.2 Å². The van der Waals surface area contributed by atoms with E-state index in [0.29, 0.717) is 11.3 Å². The first kappa shape index (κ1) is 20.2. The summed E-state index contributed by atoms with van der Waals surface area (Å²) < 4.78 is 46.0. The van der Waals surface area contributed by atoms with Crippen molar-refractivity contribution in [3.8, 4) is 0 Å². The molecule has 0 unspecified atom stereocenters. The lowest BCUT2D eigenvalue weighted by Gasteiger charge is -2.25. The smallest absolute Gasteiger partial charge is 0.271 e. The van der Waals surface area contributed by atoms with Gasteiger partial charge in [0.1, 0.15) is 17.3 Å². The van der Waals surface area contributed by atoms with Crippen molar-refractivity contribution in [3.05, 3.63) is 58.3 Å². The lowest BCUT2D eigenvalue weighted by molar-refractivity contribution is -0.116. The van der Waals surface area contributed by atoms with Crippen LogP contribution in [0.25, 0.3) is 0 Å². The summed E-state index contributed by atoms with van der Waals surface area (Å²) in [6.07, 6.45) is 1.35. The molecule has 0 radical (unpaired) electrons. The van der Waals surface area contributed by atoms with Crippen LogP contribution in [0.5, 0.6) is 0 Å². The fourth-order valence-electron chi connectivity index (χ4n) is 2.87. The molecule has 1 N–H and O–H groups in total. The number of carbonyl (C=O) groups is 1. The summed E-state index contributed by atoms with van der Waals surface area (Å²) in [7, 11) is -3.97. The van der Waals surface area contributed by atoms with Gasteiger partial charge in [-0.3, -0.25) is 9.59 Å². The maximum Gasteiger partial charge on any atom is 0.271 e. The van der Waals surface area contributed by atoms with Crippen LogP contribution >= 0.6 is 0 Å². The van der Waals surface area contributed by atoms with E-state index in [1.165, 1.54) is 40.8 Å². The molecule has 10 heteroatoms. The highest BCUT2D eigenvalue weighted by molar-refractivity contribution is 7.89. The number of sulfonamides is 1. The normalized spacial score (nSPS) is 15.4. The Morgan fingerprint density at radius 1 is 1.25 bits per heavy atom. The SMILES string of the molecule is Cc1cc(F)ccc1NC(=O)Cn1cccc(S(=O)(=O)N2CCOCC2)c1=O. The summed E-state index contributed by atoms with van der Waals surface area (Å²) in [4.78, 5) is 24.6. The first-order valence-corrected chi connectivity index (χ1v) is 10.1. The summed E-state index contributed by atoms with van der Waals surface area (Å²) in [6, 6.07) is 6.54. The van der Waals surface area contributed by atoms with Crippen LogP contribution < -0.4 is 10.9 Å². The molecule has 0 spiro atoms. The average Bonchev–Trinajstić information content (AvgIpc) is 2.66. The predicted octanol–water partition coefficient (Wildman–Crippen LogP) is 0.955. The van der Waals surface area contributed by atoms with E-state index in [4.69, 9.17) is 4.74 Å². The van der Waals surface area contributed by atoms with E-state index in [1.54, 1.807) is 6.92 Å². The van der Waals surface area contributed by atoms with Gasteiger partial charge in [-0.25, -0.2) is 12.8 Å². The third-order valence-electron chi connectivity index (χ3n) is 4.35. The highest BCUT2D eigenvalue weighted by atomic mass is 32.2. The number of aryl methyl sites for hydroxylation is 1. The molecule has 0 bridgehead atoms. The Kier molecular flexibility index (Phi) is 5.92. The fourth-order valence-corrected chi connectivity index (χ4v) is 4.37. The summed E-state index contributed by atoms with van der Waals surface area (Å²) in [5, 5.41) is 2.59. The van der Waals surface area contributed by atoms with Crippen LogP contribution in [0.15, 0.2) is 46.2 Å². The number of morpholine rings is 1. The first-order chi connectivity index (χ1) is 13.3. The van der Waals surface area contributed by atoms with Gasteiger partial charge in [-0.05, 0) is 42.8 Å². The number of carbonyl (C=O) groups excluding carboxylic acids is 1. The first-order valence-electron chi connectivity index (χ1n) is 8.62. The molecule has 1 aliphatic heterocycles. The number of anilines is 1. The molecule has 3 rings (SSSR count). The largest absolute Gasteiger partial charge is 0.379 e. The van der Waals surface area contributed by atoms with Crippen LogP contribution in [0.1, 0.15) is 5.56 Å². The number of rotatable bonds is 5. The third kappa shape index (κ3) is 4.29. The molecule has 0 saturated carbocycles. The monoisotopic (exact) mass is 409 g/mol. The fraction of sp³-hybridized carbons (Fsp3) is 0.333. The minimum atomic E-state index is -3.97. The van der Waals surface area contributed by atoms with Gasteiger partial charge in [0.15, 0.2) is 0 Å². The lowest BCUT2D eigenvalue weighted by Crippen LogP contribution is -2.43. The molecule has 1 aromatic heterocycles. The second-order valence-electron chi connectivity index (χ2n) is 6.33. The number of pyridine rings is 1. The summed E-state index contributed by atoms with van der Waals surface area (Å²) in [5.74, 6) is -0.953. The van der Waals surface area contributed by atoms with Gasteiger partial charge >= 0.3 is 0 Å². The molecule has 0 aliphatic carbocycles. The number of nitrogens with one attached hydrogen (secondary N) is 1. The van der Waals surface area contributed by atoms with Crippen molar-refractivity contribution < 1.29 is 22.3 Å². The van der Waals surface area contributed by atoms with E-state index >= 15 is 0 Å². The molecule has 1 fully saturated rings. The van der Waals surface area contributed by atoms with Gasteiger partial charge in [0.2, 0.25) is 15.9 Å². The van der Waals surface area contributed by atoms with Crippen molar-refractivity contribution in [2.24, 2.45) is 0 Å². The molecule has 2 heterocycles. The van der Waals surface area contributed by atoms with Crippen molar-refractivity contribution in [1.82, 2.24) is 8.87 Å². The maximum absolute atomic E-state index is 13.2. The number of hydrogen-bond donors (Lipinski definition) is 1. The highest BCUT2D eigenvalue weighted by Crippen LogP contribution is 2.16. The lowest BCUT2D eigenvalue weighted by atomic mass is 10.2. The van der Waals surface area contributed by atoms with Crippen LogP contribution in [0.3, 0.4) is 0 Å². The highest BCUT2D eigenvalue weighted by Gasteiger charge is 2.29. The number of hydrogen-bond acceptors (Lipinski definition) is 5. The molecular formula is C18H20FN3O5S. The molecule has 150 valence electrons. The zero-order valence-corrected chi connectivity index (χ0v) is 16.0. The third-order valence-corrected chi connectivity index (χ3v) is 6.26. The van der Waals surface area contributed by atoms with Crippen LogP contribution in [0.4, 0.5) is 10.1 Å². The maximum atomic E-state index is 13.2. The molecule has 1 amide bonds. The van der Waals surface area contributed by atoms with Crippen molar-refractivity contribution in [3.63, 3.8) is 0 Å². The minimum absolute atomic E-state index is 0.168. The molecule has 1 aromatic carbocycles. The second-order valence-corrected chi connectivity index (χ2v) is 8.24. The number of nitrogens with zero attached hydrogens (tertiary/aromatic N) is 2. The van der Waals surface area contributed by atoms with Gasteiger partial charge in [-0.2, -0.15) is 4.31 Å². The van der Waals surface area contributed by atoms with E-state index in [9.17, 15) is 22.4 Å². The molecule has 28 heavy (non-hydrogen) atoms. The average molecular weight is 409 g/mol. The molecule has 1 saturated heterocycles. The van der Waals surface area contributed by atoms with Crippen molar-refractivity contribution >= 4 is 21.6 Å². The molecular weight excluding hydrogens is 389 g/mol. The quantitative estimate of drug-likeness (QED) is 0.793. The Morgan fingerprint density at radius 3 is 2.64 bits per heavy atom. The van der Waals surface area contributed by atoms with Gasteiger partial charge in [0.25, 0.3) is 5.56 Å². The number of benzene rings is 1. The van der Waals surface area contributed by atoms with Crippen molar-refractivity contribution in [2.75, 3.05) is 31.6 Å². The Labute approximate surface area is 161 Å². The zero-order valence-electron chi connectivity index (χ0n) is 15.2. The Balaban J connectivity index is 1.81. The topological polar surface area (TPSA) is 97.7 Å². The minimum Gasteiger partial charge on any atom is -0.379 e. The van der Waals surface area contributed by atoms with E-state index in [-0.39, 0.29) is 37.7 Å². The van der Waals surface area contributed by atoms with Crippen molar-refractivity contribution in [2.45, 2.75) is 18.4 Å². The van der Waals surface area contributed by atoms with E-state index in [0.717, 1.165) is 4.57 Å². The van der Waals surface area contributed by atoms with Gasteiger partial charge in [-0.15, -0.1) is 0 Å². The molecule has 0 atom stereocenters.